The molecule has 1 aromatic heterocycles. The Labute approximate surface area is 196 Å². The van der Waals surface area contributed by atoms with E-state index in [-0.39, 0.29) is 23.8 Å². The molecular weight excluding hydrogens is 458 g/mol. The minimum Gasteiger partial charge on any atom is -0.497 e. The highest BCUT2D eigenvalue weighted by Gasteiger charge is 2.16. The van der Waals surface area contributed by atoms with Crippen LogP contribution in [0.2, 0.25) is 0 Å². The number of H-pyrrole nitrogens is 1. The monoisotopic (exact) mass is 481 g/mol. The lowest BCUT2D eigenvalue weighted by atomic mass is 10.1. The van der Waals surface area contributed by atoms with Crippen molar-refractivity contribution in [2.45, 2.75) is 11.3 Å². The molecule has 0 bridgehead atoms. The molecule has 4 rings (SSSR count). The van der Waals surface area contributed by atoms with Gasteiger partial charge in [-0.2, -0.15) is 4.98 Å². The zero-order valence-corrected chi connectivity index (χ0v) is 19.3. The zero-order valence-electron chi connectivity index (χ0n) is 18.5. The van der Waals surface area contributed by atoms with Crippen LogP contribution in [0, 0.1) is 0 Å². The van der Waals surface area contributed by atoms with Gasteiger partial charge in [0.2, 0.25) is 21.9 Å². The molecule has 0 atom stereocenters. The van der Waals surface area contributed by atoms with Gasteiger partial charge in [-0.05, 0) is 35.0 Å². The van der Waals surface area contributed by atoms with Crippen LogP contribution >= 0.6 is 0 Å². The van der Waals surface area contributed by atoms with E-state index >= 15 is 0 Å². The quantitative estimate of drug-likeness (QED) is 0.334. The summed E-state index contributed by atoms with van der Waals surface area (Å²) in [6, 6.07) is 17.6. The van der Waals surface area contributed by atoms with E-state index in [1.165, 1.54) is 13.2 Å². The van der Waals surface area contributed by atoms with Crippen molar-refractivity contribution in [1.82, 2.24) is 19.9 Å². The van der Waals surface area contributed by atoms with Crippen LogP contribution in [0.5, 0.6) is 11.5 Å². The van der Waals surface area contributed by atoms with Crippen LogP contribution in [0.15, 0.2) is 65.6 Å². The summed E-state index contributed by atoms with van der Waals surface area (Å²) in [6.45, 7) is -0.0788. The summed E-state index contributed by atoms with van der Waals surface area (Å²) in [7, 11) is -0.679. The number of anilines is 1. The Bertz CT molecular complexity index is 1430. The Balaban J connectivity index is 1.35. The van der Waals surface area contributed by atoms with Crippen LogP contribution in [-0.4, -0.2) is 50.3 Å². The van der Waals surface area contributed by atoms with Crippen molar-refractivity contribution in [3.8, 4) is 22.9 Å². The van der Waals surface area contributed by atoms with E-state index in [1.807, 2.05) is 24.3 Å². The van der Waals surface area contributed by atoms with Gasteiger partial charge in [0.25, 0.3) is 0 Å². The van der Waals surface area contributed by atoms with Crippen molar-refractivity contribution in [2.75, 3.05) is 26.1 Å². The van der Waals surface area contributed by atoms with Gasteiger partial charge in [-0.15, -0.1) is 5.10 Å². The van der Waals surface area contributed by atoms with Gasteiger partial charge in [0.1, 0.15) is 11.5 Å². The normalized spacial score (nSPS) is 11.4. The van der Waals surface area contributed by atoms with Crippen molar-refractivity contribution in [2.24, 2.45) is 0 Å². The molecule has 1 heterocycles. The number of ether oxygens (including phenoxy) is 2. The smallest absolute Gasteiger partial charge is 0.249 e. The number of hydrogen-bond donors (Lipinski definition) is 3. The molecule has 3 aromatic carbocycles. The van der Waals surface area contributed by atoms with Gasteiger partial charge in [-0.25, -0.2) is 13.1 Å². The van der Waals surface area contributed by atoms with Crippen molar-refractivity contribution in [1.29, 1.82) is 0 Å². The highest BCUT2D eigenvalue weighted by molar-refractivity contribution is 7.89. The van der Waals surface area contributed by atoms with E-state index in [0.717, 1.165) is 10.8 Å². The first-order valence-electron chi connectivity index (χ1n) is 10.3. The van der Waals surface area contributed by atoms with E-state index in [0.29, 0.717) is 22.9 Å². The van der Waals surface area contributed by atoms with Gasteiger partial charge in [-0.1, -0.05) is 30.3 Å². The molecule has 176 valence electrons. The SMILES string of the molecule is COc1ccc(-c2nc(NC(=O)CCNS(=O)(=O)c3ccc4ccccc4c3)n[nH]2)c(OC)c1. The van der Waals surface area contributed by atoms with Crippen LogP contribution in [0.25, 0.3) is 22.2 Å². The molecule has 0 spiro atoms. The number of methoxy groups -OCH3 is 2. The highest BCUT2D eigenvalue weighted by atomic mass is 32.2. The maximum atomic E-state index is 12.6. The summed E-state index contributed by atoms with van der Waals surface area (Å²) in [6.07, 6.45) is -0.0947. The molecule has 0 aliphatic carbocycles. The van der Waals surface area contributed by atoms with Crippen LogP contribution in [0.3, 0.4) is 0 Å². The van der Waals surface area contributed by atoms with Crippen LogP contribution in [-0.2, 0) is 14.8 Å². The van der Waals surface area contributed by atoms with E-state index in [1.54, 1.807) is 37.4 Å². The Morgan fingerprint density at radius 2 is 1.79 bits per heavy atom. The molecule has 0 unspecified atom stereocenters. The highest BCUT2D eigenvalue weighted by Crippen LogP contribution is 2.31. The van der Waals surface area contributed by atoms with Crippen LogP contribution in [0.1, 0.15) is 6.42 Å². The molecule has 0 aliphatic heterocycles. The fourth-order valence-corrected chi connectivity index (χ4v) is 4.40. The third kappa shape index (κ3) is 5.16. The van der Waals surface area contributed by atoms with Gasteiger partial charge in [0, 0.05) is 19.0 Å². The Hall–Kier alpha value is -3.96. The molecule has 1 amide bonds. The van der Waals surface area contributed by atoms with Crippen molar-refractivity contribution in [3.63, 3.8) is 0 Å². The number of rotatable bonds is 9. The van der Waals surface area contributed by atoms with Crippen LogP contribution < -0.4 is 19.5 Å². The first kappa shape index (κ1) is 23.2. The predicted octanol–water partition coefficient (Wildman–Crippen LogP) is 2.95. The molecule has 0 radical (unpaired) electrons. The number of nitrogens with one attached hydrogen (secondary N) is 3. The number of aromatic amines is 1. The van der Waals surface area contributed by atoms with E-state index in [2.05, 4.69) is 25.2 Å². The Morgan fingerprint density at radius 1 is 1.00 bits per heavy atom. The number of aromatic nitrogens is 3. The average molecular weight is 482 g/mol. The molecule has 0 saturated heterocycles. The second kappa shape index (κ2) is 9.89. The topological polar surface area (TPSA) is 135 Å². The minimum atomic E-state index is -3.76. The summed E-state index contributed by atoms with van der Waals surface area (Å²) in [4.78, 5) is 16.7. The second-order valence-electron chi connectivity index (χ2n) is 7.28. The number of nitrogens with zero attached hydrogens (tertiary/aromatic N) is 2. The minimum absolute atomic E-state index is 0.0651. The van der Waals surface area contributed by atoms with Gasteiger partial charge < -0.3 is 9.47 Å². The number of fused-ring (bicyclic) bond motifs is 1. The Morgan fingerprint density at radius 3 is 2.56 bits per heavy atom. The lowest BCUT2D eigenvalue weighted by Gasteiger charge is -2.08. The first-order valence-corrected chi connectivity index (χ1v) is 11.8. The summed E-state index contributed by atoms with van der Waals surface area (Å²) in [5.41, 5.74) is 0.638. The number of benzene rings is 3. The second-order valence-corrected chi connectivity index (χ2v) is 9.05. The predicted molar refractivity (Wildman–Crippen MR) is 127 cm³/mol. The molecule has 10 nitrogen and oxygen atoms in total. The summed E-state index contributed by atoms with van der Waals surface area (Å²) < 4.78 is 38.2. The van der Waals surface area contributed by atoms with E-state index in [4.69, 9.17) is 9.47 Å². The third-order valence-electron chi connectivity index (χ3n) is 5.08. The molecule has 3 N–H and O–H groups in total. The lowest BCUT2D eigenvalue weighted by molar-refractivity contribution is -0.116. The first-order chi connectivity index (χ1) is 16.4. The number of carbonyl (C=O) groups is 1. The molecular formula is C23H23N5O5S. The average Bonchev–Trinajstić information content (AvgIpc) is 3.31. The number of amides is 1. The van der Waals surface area contributed by atoms with E-state index in [9.17, 15) is 13.2 Å². The maximum absolute atomic E-state index is 12.6. The largest absolute Gasteiger partial charge is 0.497 e. The zero-order chi connectivity index (χ0) is 24.1. The van der Waals surface area contributed by atoms with Crippen molar-refractivity contribution >= 4 is 32.7 Å². The van der Waals surface area contributed by atoms with Gasteiger partial charge in [0.15, 0.2) is 5.82 Å². The lowest BCUT2D eigenvalue weighted by Crippen LogP contribution is -2.28. The standard InChI is InChI=1S/C23H23N5O5S/c1-32-17-8-10-19(20(14-17)33-2)22-26-23(28-27-22)25-21(29)11-12-24-34(30,31)18-9-7-15-5-3-4-6-16(15)13-18/h3-10,13-14,24H,11-12H2,1-2H3,(H2,25,26,27,28,29). The van der Waals surface area contributed by atoms with Crippen molar-refractivity contribution < 1.29 is 22.7 Å². The molecule has 0 saturated carbocycles. The summed E-state index contributed by atoms with van der Waals surface area (Å²) in [5, 5.41) is 11.0. The third-order valence-corrected chi connectivity index (χ3v) is 6.53. The number of carbonyl (C=O) groups excluding carboxylic acids is 1. The van der Waals surface area contributed by atoms with Crippen molar-refractivity contribution in [3.05, 3.63) is 60.7 Å². The van der Waals surface area contributed by atoms with Gasteiger partial charge in [0.05, 0.1) is 24.7 Å². The maximum Gasteiger partial charge on any atom is 0.249 e. The van der Waals surface area contributed by atoms with Gasteiger partial charge >= 0.3 is 0 Å². The summed E-state index contributed by atoms with van der Waals surface area (Å²) in [5.74, 6) is 1.17. The fourth-order valence-electron chi connectivity index (χ4n) is 3.34. The number of hydrogen-bond acceptors (Lipinski definition) is 7. The molecule has 11 heteroatoms. The Kier molecular flexibility index (Phi) is 6.75. The molecule has 4 aromatic rings. The van der Waals surface area contributed by atoms with Crippen LogP contribution in [0.4, 0.5) is 5.95 Å². The molecule has 0 aliphatic rings. The molecule has 0 fully saturated rings. The molecule has 34 heavy (non-hydrogen) atoms. The number of sulfonamides is 1. The summed E-state index contributed by atoms with van der Waals surface area (Å²) >= 11 is 0. The van der Waals surface area contributed by atoms with E-state index < -0.39 is 15.9 Å². The fraction of sp³-hybridized carbons (Fsp3) is 0.174. The van der Waals surface area contributed by atoms with Gasteiger partial charge in [-0.3, -0.25) is 15.2 Å².